The monoisotopic (exact) mass is 344 g/mol. The smallest absolute Gasteiger partial charge is 0.144 e. The van der Waals surface area contributed by atoms with Gasteiger partial charge in [0, 0.05) is 18.6 Å². The molecule has 0 spiro atoms. The van der Waals surface area contributed by atoms with Crippen LogP contribution in [-0.2, 0) is 4.84 Å². The zero-order chi connectivity index (χ0) is 18.2. The highest BCUT2D eigenvalue weighted by atomic mass is 16.6. The molecule has 0 amide bonds. The molecule has 1 atom stereocenters. The molecule has 4 nitrogen and oxygen atoms in total. The summed E-state index contributed by atoms with van der Waals surface area (Å²) < 4.78 is 0. The summed E-state index contributed by atoms with van der Waals surface area (Å²) >= 11 is 0. The maximum atomic E-state index is 10.2. The zero-order valence-corrected chi connectivity index (χ0v) is 16.0. The fourth-order valence-electron chi connectivity index (χ4n) is 3.28. The van der Waals surface area contributed by atoms with E-state index in [4.69, 9.17) is 4.84 Å². The van der Waals surface area contributed by atoms with Crippen LogP contribution in [0.15, 0.2) is 41.1 Å². The lowest BCUT2D eigenvalue weighted by atomic mass is 10.1. The fraction of sp³-hybridized carbons (Fsp3) is 0.571. The Morgan fingerprint density at radius 3 is 2.44 bits per heavy atom. The number of nitrogens with zero attached hydrogens (tertiary/aromatic N) is 2. The van der Waals surface area contributed by atoms with Crippen LogP contribution in [0.2, 0.25) is 0 Å². The molecule has 138 valence electrons. The van der Waals surface area contributed by atoms with Crippen molar-refractivity contribution in [3.05, 3.63) is 41.5 Å². The molecule has 0 heterocycles. The van der Waals surface area contributed by atoms with Crippen LogP contribution < -0.4 is 0 Å². The Kier molecular flexibility index (Phi) is 7.66. The molecule has 0 saturated heterocycles. The van der Waals surface area contributed by atoms with Crippen LogP contribution in [0.5, 0.6) is 0 Å². The van der Waals surface area contributed by atoms with Crippen molar-refractivity contribution >= 4 is 11.8 Å². The molecule has 0 aliphatic heterocycles. The van der Waals surface area contributed by atoms with Crippen molar-refractivity contribution in [2.75, 3.05) is 13.2 Å². The van der Waals surface area contributed by atoms with Crippen LogP contribution in [-0.4, -0.2) is 47.1 Å². The van der Waals surface area contributed by atoms with Gasteiger partial charge in [-0.2, -0.15) is 0 Å². The summed E-state index contributed by atoms with van der Waals surface area (Å²) in [5.74, 6) is 0. The summed E-state index contributed by atoms with van der Waals surface area (Å²) in [4.78, 5) is 7.74. The van der Waals surface area contributed by atoms with E-state index in [1.165, 1.54) is 11.1 Å². The number of benzene rings is 1. The first-order chi connectivity index (χ1) is 12.0. The Bertz CT molecular complexity index is 571. The predicted molar refractivity (Wildman–Crippen MR) is 105 cm³/mol. The lowest BCUT2D eigenvalue weighted by molar-refractivity contribution is 0.00591. The van der Waals surface area contributed by atoms with E-state index in [2.05, 4.69) is 56.0 Å². The van der Waals surface area contributed by atoms with E-state index in [9.17, 15) is 5.11 Å². The van der Waals surface area contributed by atoms with Crippen molar-refractivity contribution in [1.29, 1.82) is 0 Å². The van der Waals surface area contributed by atoms with E-state index >= 15 is 0 Å². The number of aliphatic hydroxyl groups excluding tert-OH is 1. The molecule has 1 unspecified atom stereocenters. The average Bonchev–Trinajstić information content (AvgIpc) is 3.00. The summed E-state index contributed by atoms with van der Waals surface area (Å²) in [5, 5.41) is 14.5. The minimum absolute atomic E-state index is 0.234. The van der Waals surface area contributed by atoms with Gasteiger partial charge in [-0.05, 0) is 64.2 Å². The largest absolute Gasteiger partial charge is 0.393 e. The number of aliphatic hydroxyl groups is 1. The molecule has 1 saturated carbocycles. The molecule has 0 radical (unpaired) electrons. The minimum atomic E-state index is -0.530. The van der Waals surface area contributed by atoms with Gasteiger partial charge in [-0.3, -0.25) is 4.90 Å². The summed E-state index contributed by atoms with van der Waals surface area (Å²) in [6.07, 6.45) is 4.74. The highest BCUT2D eigenvalue weighted by Gasteiger charge is 2.19. The number of rotatable bonds is 8. The van der Waals surface area contributed by atoms with Gasteiger partial charge in [0.25, 0.3) is 0 Å². The van der Waals surface area contributed by atoms with E-state index in [0.29, 0.717) is 18.6 Å². The van der Waals surface area contributed by atoms with Gasteiger partial charge in [0.05, 0.1) is 5.71 Å². The minimum Gasteiger partial charge on any atom is -0.393 e. The van der Waals surface area contributed by atoms with Crippen LogP contribution in [0.1, 0.15) is 52.5 Å². The number of oxime groups is 1. The Morgan fingerprint density at radius 2 is 1.80 bits per heavy atom. The number of hydrogen-bond acceptors (Lipinski definition) is 4. The molecular weight excluding hydrogens is 312 g/mol. The van der Waals surface area contributed by atoms with Crippen LogP contribution >= 0.6 is 0 Å². The van der Waals surface area contributed by atoms with E-state index in [0.717, 1.165) is 25.0 Å². The molecule has 1 aliphatic carbocycles. The number of hydrogen-bond donors (Lipinski definition) is 1. The second kappa shape index (κ2) is 9.73. The van der Waals surface area contributed by atoms with Gasteiger partial charge in [-0.25, -0.2) is 0 Å². The summed E-state index contributed by atoms with van der Waals surface area (Å²) in [6, 6.07) is 11.1. The maximum absolute atomic E-state index is 10.2. The number of allylic oxidation sites excluding steroid dienone is 1. The lowest BCUT2D eigenvalue weighted by Gasteiger charge is -2.31. The molecule has 25 heavy (non-hydrogen) atoms. The molecule has 1 aromatic rings. The zero-order valence-electron chi connectivity index (χ0n) is 16.0. The standard InChI is InChI=1S/C21H32N2O2/c1-16(2)23(17(3)4)14-20(24)15-25-22-21-12-8-11-19(21)13-18-9-6-5-7-10-18/h5-7,9-10,13,16-17,20,24H,8,11-12,14-15H2,1-4H3/b19-13-,22-21+. The van der Waals surface area contributed by atoms with Crippen LogP contribution in [0.25, 0.3) is 6.08 Å². The predicted octanol–water partition coefficient (Wildman–Crippen LogP) is 4.11. The molecule has 0 bridgehead atoms. The van der Waals surface area contributed by atoms with Crippen molar-refractivity contribution in [3.8, 4) is 0 Å². The van der Waals surface area contributed by atoms with Gasteiger partial charge in [-0.1, -0.05) is 35.5 Å². The molecule has 1 aliphatic rings. The molecular formula is C21H32N2O2. The quantitative estimate of drug-likeness (QED) is 0.722. The van der Waals surface area contributed by atoms with E-state index < -0.39 is 6.10 Å². The van der Waals surface area contributed by atoms with Crippen molar-refractivity contribution in [2.24, 2.45) is 5.16 Å². The van der Waals surface area contributed by atoms with Crippen LogP contribution in [0, 0.1) is 0 Å². The van der Waals surface area contributed by atoms with Gasteiger partial charge >= 0.3 is 0 Å². The third kappa shape index (κ3) is 6.29. The first-order valence-corrected chi connectivity index (χ1v) is 9.36. The van der Waals surface area contributed by atoms with E-state index in [1.807, 2.05) is 18.2 Å². The van der Waals surface area contributed by atoms with Gasteiger partial charge in [0.2, 0.25) is 0 Å². The molecule has 0 aromatic heterocycles. The Morgan fingerprint density at radius 1 is 1.12 bits per heavy atom. The van der Waals surface area contributed by atoms with Gasteiger partial charge < -0.3 is 9.94 Å². The fourth-order valence-corrected chi connectivity index (χ4v) is 3.28. The second-order valence-corrected chi connectivity index (χ2v) is 7.31. The van der Waals surface area contributed by atoms with Crippen molar-refractivity contribution in [2.45, 2.75) is 65.1 Å². The lowest BCUT2D eigenvalue weighted by Crippen LogP contribution is -2.43. The highest BCUT2D eigenvalue weighted by Crippen LogP contribution is 2.24. The molecule has 1 aromatic carbocycles. The van der Waals surface area contributed by atoms with Gasteiger partial charge in [0.15, 0.2) is 0 Å². The van der Waals surface area contributed by atoms with Crippen molar-refractivity contribution in [1.82, 2.24) is 4.90 Å². The molecule has 2 rings (SSSR count). The van der Waals surface area contributed by atoms with Crippen LogP contribution in [0.4, 0.5) is 0 Å². The van der Waals surface area contributed by atoms with Crippen LogP contribution in [0.3, 0.4) is 0 Å². The summed E-state index contributed by atoms with van der Waals surface area (Å²) in [7, 11) is 0. The first-order valence-electron chi connectivity index (χ1n) is 9.36. The normalized spacial score (nSPS) is 19.5. The molecule has 1 N–H and O–H groups in total. The average molecular weight is 344 g/mol. The Balaban J connectivity index is 1.89. The van der Waals surface area contributed by atoms with Crippen molar-refractivity contribution in [3.63, 3.8) is 0 Å². The first kappa shape index (κ1) is 19.7. The molecule has 1 fully saturated rings. The van der Waals surface area contributed by atoms with Crippen molar-refractivity contribution < 1.29 is 9.94 Å². The Hall–Kier alpha value is -1.65. The molecule has 4 heteroatoms. The summed E-state index contributed by atoms with van der Waals surface area (Å²) in [6.45, 7) is 9.42. The second-order valence-electron chi connectivity index (χ2n) is 7.31. The summed E-state index contributed by atoms with van der Waals surface area (Å²) in [5.41, 5.74) is 3.45. The maximum Gasteiger partial charge on any atom is 0.144 e. The third-order valence-corrected chi connectivity index (χ3v) is 4.56. The van der Waals surface area contributed by atoms with E-state index in [1.54, 1.807) is 0 Å². The Labute approximate surface area is 152 Å². The van der Waals surface area contributed by atoms with Gasteiger partial charge in [0.1, 0.15) is 12.7 Å². The highest BCUT2D eigenvalue weighted by molar-refractivity contribution is 6.05. The third-order valence-electron chi connectivity index (χ3n) is 4.56. The topological polar surface area (TPSA) is 45.1 Å². The van der Waals surface area contributed by atoms with E-state index in [-0.39, 0.29) is 6.61 Å². The van der Waals surface area contributed by atoms with Gasteiger partial charge in [-0.15, -0.1) is 0 Å². The SMILES string of the molecule is CC(C)N(CC(O)CO/N=C1\CCC\C1=C\c1ccccc1)C(C)C.